The van der Waals surface area contributed by atoms with Gasteiger partial charge in [-0.05, 0) is 32.2 Å². The number of ether oxygens (including phenoxy) is 2. The highest BCUT2D eigenvalue weighted by Crippen LogP contribution is 2.21. The zero-order valence-electron chi connectivity index (χ0n) is 11.2. The monoisotopic (exact) mass is 271 g/mol. The summed E-state index contributed by atoms with van der Waals surface area (Å²) in [5, 5.41) is 3.33. The molecule has 0 aromatic carbocycles. The average molecular weight is 271 g/mol. The van der Waals surface area contributed by atoms with Crippen LogP contribution in [0.2, 0.25) is 0 Å². The summed E-state index contributed by atoms with van der Waals surface area (Å²) < 4.78 is 16.9. The average Bonchev–Trinajstić information content (AvgIpc) is 2.87. The fourth-order valence-electron chi connectivity index (χ4n) is 1.96. The van der Waals surface area contributed by atoms with Gasteiger partial charge in [0.1, 0.15) is 11.5 Å². The quantitative estimate of drug-likeness (QED) is 0.860. The van der Waals surface area contributed by atoms with E-state index in [2.05, 4.69) is 11.6 Å². The lowest BCUT2D eigenvalue weighted by atomic mass is 10.3. The van der Waals surface area contributed by atoms with Crippen LogP contribution < -0.4 is 5.32 Å². The summed E-state index contributed by atoms with van der Waals surface area (Å²) >= 11 is 1.76. The maximum atomic E-state index is 5.71. The third kappa shape index (κ3) is 4.02. The highest BCUT2D eigenvalue weighted by molar-refractivity contribution is 7.97. The Hall–Kier alpha value is -0.490. The van der Waals surface area contributed by atoms with Gasteiger partial charge in [0.15, 0.2) is 5.79 Å². The molecule has 1 unspecified atom stereocenters. The Bertz CT molecular complexity index is 378. The molecule has 1 fully saturated rings. The van der Waals surface area contributed by atoms with Crippen LogP contribution in [0.1, 0.15) is 25.4 Å². The van der Waals surface area contributed by atoms with E-state index in [1.54, 1.807) is 11.8 Å². The predicted octanol–water partition coefficient (Wildman–Crippen LogP) is 2.38. The maximum Gasteiger partial charge on any atom is 0.163 e. The van der Waals surface area contributed by atoms with Gasteiger partial charge < -0.3 is 19.2 Å². The first-order valence-corrected chi connectivity index (χ1v) is 7.57. The molecule has 1 aliphatic heterocycles. The minimum absolute atomic E-state index is 0.126. The molecule has 1 N–H and O–H groups in total. The van der Waals surface area contributed by atoms with E-state index in [0.717, 1.165) is 30.4 Å². The van der Waals surface area contributed by atoms with Gasteiger partial charge in [0.05, 0.1) is 25.0 Å². The van der Waals surface area contributed by atoms with Gasteiger partial charge in [-0.25, -0.2) is 0 Å². The molecule has 5 heteroatoms. The Morgan fingerprint density at radius 2 is 2.17 bits per heavy atom. The number of nitrogens with one attached hydrogen (secondary N) is 1. The molecule has 0 bridgehead atoms. The zero-order valence-corrected chi connectivity index (χ0v) is 12.0. The van der Waals surface area contributed by atoms with E-state index >= 15 is 0 Å². The largest absolute Gasteiger partial charge is 0.464 e. The smallest absolute Gasteiger partial charge is 0.163 e. The number of rotatable bonds is 6. The van der Waals surface area contributed by atoms with E-state index in [-0.39, 0.29) is 6.10 Å². The molecule has 1 aliphatic rings. The van der Waals surface area contributed by atoms with Gasteiger partial charge in [0.2, 0.25) is 0 Å². The van der Waals surface area contributed by atoms with Gasteiger partial charge in [-0.15, -0.1) is 0 Å². The van der Waals surface area contributed by atoms with Gasteiger partial charge in [0, 0.05) is 6.54 Å². The molecule has 1 aromatic heterocycles. The molecule has 0 saturated carbocycles. The Morgan fingerprint density at radius 1 is 1.39 bits per heavy atom. The minimum Gasteiger partial charge on any atom is -0.464 e. The van der Waals surface area contributed by atoms with Gasteiger partial charge in [-0.3, -0.25) is 0 Å². The summed E-state index contributed by atoms with van der Waals surface area (Å²) in [6, 6.07) is 4.06. The summed E-state index contributed by atoms with van der Waals surface area (Å²) in [6.45, 7) is 6.04. The molecular formula is C13H21NO3S. The number of hydrogen-bond donors (Lipinski definition) is 1. The maximum absolute atomic E-state index is 5.71. The molecule has 4 nitrogen and oxygen atoms in total. The number of thioether (sulfide) groups is 1. The van der Waals surface area contributed by atoms with Crippen LogP contribution in [-0.2, 0) is 21.8 Å². The second-order valence-corrected chi connectivity index (χ2v) is 5.75. The number of furan rings is 1. The highest BCUT2D eigenvalue weighted by Gasteiger charge is 2.32. The van der Waals surface area contributed by atoms with Crippen LogP contribution in [0.5, 0.6) is 0 Å². The summed E-state index contributed by atoms with van der Waals surface area (Å²) in [5.41, 5.74) is 0. The van der Waals surface area contributed by atoms with Crippen molar-refractivity contribution in [1.29, 1.82) is 0 Å². The van der Waals surface area contributed by atoms with Gasteiger partial charge in [-0.1, -0.05) is 0 Å². The lowest BCUT2D eigenvalue weighted by molar-refractivity contribution is -0.137. The van der Waals surface area contributed by atoms with E-state index < -0.39 is 5.79 Å². The van der Waals surface area contributed by atoms with Gasteiger partial charge >= 0.3 is 0 Å². The van der Waals surface area contributed by atoms with Crippen molar-refractivity contribution in [2.45, 2.75) is 38.0 Å². The molecule has 0 spiro atoms. The molecule has 2 heterocycles. The Kier molecular flexibility index (Phi) is 4.72. The lowest BCUT2D eigenvalue weighted by Gasteiger charge is -2.17. The molecule has 2 rings (SSSR count). The van der Waals surface area contributed by atoms with Crippen LogP contribution in [0.15, 0.2) is 16.5 Å². The summed E-state index contributed by atoms with van der Waals surface area (Å²) in [7, 11) is 0. The van der Waals surface area contributed by atoms with Crippen LogP contribution in [0.4, 0.5) is 0 Å². The van der Waals surface area contributed by atoms with E-state index in [1.165, 1.54) is 0 Å². The van der Waals surface area contributed by atoms with Crippen molar-refractivity contribution in [1.82, 2.24) is 5.32 Å². The Balaban J connectivity index is 1.69. The molecule has 0 radical (unpaired) electrons. The molecule has 102 valence electrons. The summed E-state index contributed by atoms with van der Waals surface area (Å²) in [6.07, 6.45) is 2.19. The number of hydrogen-bond acceptors (Lipinski definition) is 5. The van der Waals surface area contributed by atoms with E-state index in [4.69, 9.17) is 13.9 Å². The summed E-state index contributed by atoms with van der Waals surface area (Å²) in [5.74, 6) is 2.48. The molecule has 0 amide bonds. The third-order valence-electron chi connectivity index (χ3n) is 2.74. The topological polar surface area (TPSA) is 43.6 Å². The zero-order chi connectivity index (χ0) is 13.0. The first-order chi connectivity index (χ1) is 8.59. The standard InChI is InChI=1S/C13H21NO3S/c1-13(2)15-8-12(17-13)7-14-6-10-4-5-11(16-10)9-18-3/h4-5,12,14H,6-9H2,1-3H3. The van der Waals surface area contributed by atoms with Crippen LogP contribution in [0.3, 0.4) is 0 Å². The van der Waals surface area contributed by atoms with Crippen molar-refractivity contribution in [3.63, 3.8) is 0 Å². The van der Waals surface area contributed by atoms with Crippen molar-refractivity contribution in [3.8, 4) is 0 Å². The second kappa shape index (κ2) is 6.10. The fraction of sp³-hybridized carbons (Fsp3) is 0.692. The molecule has 1 aromatic rings. The van der Waals surface area contributed by atoms with Gasteiger partial charge in [-0.2, -0.15) is 11.8 Å². The summed E-state index contributed by atoms with van der Waals surface area (Å²) in [4.78, 5) is 0. The fourth-order valence-corrected chi connectivity index (χ4v) is 2.40. The Labute approximate surface area is 112 Å². The van der Waals surface area contributed by atoms with Crippen LogP contribution >= 0.6 is 11.8 Å². The lowest BCUT2D eigenvalue weighted by Crippen LogP contribution is -2.30. The molecule has 1 saturated heterocycles. The first kappa shape index (κ1) is 13.9. The van der Waals surface area contributed by atoms with Crippen LogP contribution in [0.25, 0.3) is 0 Å². The molecule has 18 heavy (non-hydrogen) atoms. The van der Waals surface area contributed by atoms with E-state index in [1.807, 2.05) is 26.0 Å². The molecule has 1 atom stereocenters. The van der Waals surface area contributed by atoms with Crippen molar-refractivity contribution in [3.05, 3.63) is 23.7 Å². The van der Waals surface area contributed by atoms with Crippen molar-refractivity contribution >= 4 is 11.8 Å². The van der Waals surface area contributed by atoms with Gasteiger partial charge in [0.25, 0.3) is 0 Å². The van der Waals surface area contributed by atoms with Crippen LogP contribution in [-0.4, -0.2) is 31.3 Å². The van der Waals surface area contributed by atoms with Crippen molar-refractivity contribution in [2.75, 3.05) is 19.4 Å². The second-order valence-electron chi connectivity index (χ2n) is 4.88. The molecular weight excluding hydrogens is 250 g/mol. The van der Waals surface area contributed by atoms with E-state index in [0.29, 0.717) is 6.61 Å². The van der Waals surface area contributed by atoms with Crippen molar-refractivity contribution in [2.24, 2.45) is 0 Å². The first-order valence-electron chi connectivity index (χ1n) is 6.18. The SMILES string of the molecule is CSCc1ccc(CNCC2COC(C)(C)O2)o1. The normalized spacial score (nSPS) is 22.5. The van der Waals surface area contributed by atoms with Crippen molar-refractivity contribution < 1.29 is 13.9 Å². The Morgan fingerprint density at radius 3 is 2.83 bits per heavy atom. The predicted molar refractivity (Wildman–Crippen MR) is 72.5 cm³/mol. The third-order valence-corrected chi connectivity index (χ3v) is 3.32. The van der Waals surface area contributed by atoms with E-state index in [9.17, 15) is 0 Å². The van der Waals surface area contributed by atoms with Crippen LogP contribution in [0, 0.1) is 0 Å². The molecule has 0 aliphatic carbocycles. The minimum atomic E-state index is -0.442. The highest BCUT2D eigenvalue weighted by atomic mass is 32.2.